The number of halogens is 1. The van der Waals surface area contributed by atoms with Crippen LogP contribution in [0.1, 0.15) is 11.6 Å². The molecule has 112 valence electrons. The van der Waals surface area contributed by atoms with Crippen LogP contribution in [0, 0.1) is 0 Å². The van der Waals surface area contributed by atoms with Gasteiger partial charge in [0.2, 0.25) is 5.78 Å². The molecule has 0 saturated carbocycles. The predicted molar refractivity (Wildman–Crippen MR) is 85.0 cm³/mol. The fraction of sp³-hybridized carbons (Fsp3) is 0.250. The third-order valence-corrected chi connectivity index (χ3v) is 4.02. The van der Waals surface area contributed by atoms with E-state index < -0.39 is 0 Å². The van der Waals surface area contributed by atoms with Crippen LogP contribution >= 0.6 is 11.6 Å². The first kappa shape index (κ1) is 13.7. The number of aromatic nitrogens is 3. The second-order valence-corrected chi connectivity index (χ2v) is 5.74. The molecular formula is C16H15ClN4O. The zero-order valence-corrected chi connectivity index (χ0v) is 12.6. The van der Waals surface area contributed by atoms with Gasteiger partial charge in [0, 0.05) is 35.7 Å². The van der Waals surface area contributed by atoms with Gasteiger partial charge in [0.1, 0.15) is 0 Å². The molecule has 1 aliphatic rings. The van der Waals surface area contributed by atoms with E-state index in [0.717, 1.165) is 30.0 Å². The van der Waals surface area contributed by atoms with E-state index in [0.29, 0.717) is 17.4 Å². The summed E-state index contributed by atoms with van der Waals surface area (Å²) in [6.07, 6.45) is 5.56. The summed E-state index contributed by atoms with van der Waals surface area (Å²) < 4.78 is 7.42. The number of morpholine rings is 1. The average molecular weight is 315 g/mol. The van der Waals surface area contributed by atoms with Gasteiger partial charge in [-0.1, -0.05) is 11.6 Å². The molecule has 0 amide bonds. The molecule has 22 heavy (non-hydrogen) atoms. The van der Waals surface area contributed by atoms with Gasteiger partial charge < -0.3 is 10.1 Å². The van der Waals surface area contributed by atoms with Gasteiger partial charge in [0.15, 0.2) is 0 Å². The van der Waals surface area contributed by atoms with E-state index in [1.165, 1.54) is 0 Å². The molecule has 1 N–H and O–H groups in total. The fourth-order valence-electron chi connectivity index (χ4n) is 2.71. The Morgan fingerprint density at radius 2 is 2.23 bits per heavy atom. The molecule has 3 aromatic rings. The van der Waals surface area contributed by atoms with Crippen molar-refractivity contribution in [2.45, 2.75) is 6.04 Å². The minimum absolute atomic E-state index is 0.168. The van der Waals surface area contributed by atoms with Crippen molar-refractivity contribution in [3.63, 3.8) is 0 Å². The van der Waals surface area contributed by atoms with Gasteiger partial charge in [0.05, 0.1) is 24.9 Å². The summed E-state index contributed by atoms with van der Waals surface area (Å²) >= 11 is 6.30. The maximum Gasteiger partial charge on any atom is 0.234 e. The van der Waals surface area contributed by atoms with Crippen molar-refractivity contribution in [1.29, 1.82) is 0 Å². The van der Waals surface area contributed by atoms with E-state index in [1.807, 2.05) is 35.0 Å². The van der Waals surface area contributed by atoms with Gasteiger partial charge in [-0.3, -0.25) is 4.40 Å². The molecule has 1 atom stereocenters. The van der Waals surface area contributed by atoms with Gasteiger partial charge in [-0.25, -0.2) is 9.97 Å². The Kier molecular flexibility index (Phi) is 3.54. The van der Waals surface area contributed by atoms with Crippen LogP contribution < -0.4 is 5.32 Å². The Morgan fingerprint density at radius 1 is 1.27 bits per heavy atom. The van der Waals surface area contributed by atoms with Crippen LogP contribution in [0.15, 0.2) is 42.9 Å². The van der Waals surface area contributed by atoms with Crippen LogP contribution in [0.3, 0.4) is 0 Å². The Bertz CT molecular complexity index is 811. The summed E-state index contributed by atoms with van der Waals surface area (Å²) in [4.78, 5) is 8.80. The molecule has 0 aliphatic carbocycles. The van der Waals surface area contributed by atoms with Crippen LogP contribution in [0.5, 0.6) is 0 Å². The predicted octanol–water partition coefficient (Wildman–Crippen LogP) is 2.71. The molecule has 1 fully saturated rings. The van der Waals surface area contributed by atoms with E-state index in [1.54, 1.807) is 6.20 Å². The molecule has 4 rings (SSSR count). The number of benzene rings is 1. The molecule has 1 saturated heterocycles. The number of fused-ring (bicyclic) bond motifs is 1. The highest BCUT2D eigenvalue weighted by atomic mass is 35.5. The molecule has 6 heteroatoms. The number of nitrogens with zero attached hydrogens (tertiary/aromatic N) is 3. The zero-order valence-electron chi connectivity index (χ0n) is 11.9. The maximum atomic E-state index is 6.30. The lowest BCUT2D eigenvalue weighted by molar-refractivity contribution is 0.0769. The first-order chi connectivity index (χ1) is 10.8. The number of nitrogens with one attached hydrogen (secondary N) is 1. The van der Waals surface area contributed by atoms with Crippen LogP contribution in [0.2, 0.25) is 5.02 Å². The highest BCUT2D eigenvalue weighted by Crippen LogP contribution is 2.27. The van der Waals surface area contributed by atoms with E-state index in [4.69, 9.17) is 16.3 Å². The molecule has 3 heterocycles. The highest BCUT2D eigenvalue weighted by Gasteiger charge is 2.17. The first-order valence-electron chi connectivity index (χ1n) is 7.21. The summed E-state index contributed by atoms with van der Waals surface area (Å²) in [7, 11) is 0. The molecular weight excluding hydrogens is 300 g/mol. The van der Waals surface area contributed by atoms with Gasteiger partial charge in [-0.15, -0.1) is 0 Å². The molecule has 1 aliphatic heterocycles. The second kappa shape index (κ2) is 5.68. The third kappa shape index (κ3) is 2.59. The molecule has 0 bridgehead atoms. The molecule has 5 nitrogen and oxygen atoms in total. The van der Waals surface area contributed by atoms with Crippen molar-refractivity contribution >= 4 is 17.4 Å². The quantitative estimate of drug-likeness (QED) is 0.790. The van der Waals surface area contributed by atoms with Crippen molar-refractivity contribution in [1.82, 2.24) is 19.7 Å². The largest absolute Gasteiger partial charge is 0.378 e. The summed E-state index contributed by atoms with van der Waals surface area (Å²) in [5.41, 5.74) is 2.96. The SMILES string of the molecule is Clc1cc(-c2ccn3ccnc3n2)cc(C2COCCN2)c1. The van der Waals surface area contributed by atoms with Crippen molar-refractivity contribution in [3.05, 3.63) is 53.4 Å². The normalized spacial score (nSPS) is 18.7. The lowest BCUT2D eigenvalue weighted by Gasteiger charge is -2.24. The summed E-state index contributed by atoms with van der Waals surface area (Å²) in [5.74, 6) is 0.679. The Hall–Kier alpha value is -1.95. The number of hydrogen-bond donors (Lipinski definition) is 1. The number of rotatable bonds is 2. The minimum atomic E-state index is 0.168. The molecule has 0 spiro atoms. The number of ether oxygens (including phenoxy) is 1. The lowest BCUT2D eigenvalue weighted by atomic mass is 10.0. The van der Waals surface area contributed by atoms with Gasteiger partial charge >= 0.3 is 0 Å². The van der Waals surface area contributed by atoms with Crippen LogP contribution in [-0.4, -0.2) is 34.1 Å². The van der Waals surface area contributed by atoms with Gasteiger partial charge in [0.25, 0.3) is 0 Å². The Labute approximate surface area is 132 Å². The van der Waals surface area contributed by atoms with Crippen molar-refractivity contribution in [3.8, 4) is 11.3 Å². The Balaban J connectivity index is 1.75. The summed E-state index contributed by atoms with van der Waals surface area (Å²) in [6.45, 7) is 2.26. The molecule has 1 unspecified atom stereocenters. The standard InChI is InChI=1S/C16H15ClN4O/c17-13-8-11(7-12(9-13)15-10-22-6-3-18-15)14-1-4-21-5-2-19-16(21)20-14/h1-2,4-5,7-9,15,18H,3,6,10H2. The molecule has 2 aromatic heterocycles. The molecule has 0 radical (unpaired) electrons. The third-order valence-electron chi connectivity index (χ3n) is 3.80. The van der Waals surface area contributed by atoms with E-state index in [2.05, 4.69) is 21.4 Å². The van der Waals surface area contributed by atoms with Crippen LogP contribution in [-0.2, 0) is 4.74 Å². The second-order valence-electron chi connectivity index (χ2n) is 5.30. The van der Waals surface area contributed by atoms with Crippen molar-refractivity contribution in [2.75, 3.05) is 19.8 Å². The van der Waals surface area contributed by atoms with E-state index in [-0.39, 0.29) is 6.04 Å². The topological polar surface area (TPSA) is 51.5 Å². The van der Waals surface area contributed by atoms with Crippen molar-refractivity contribution in [2.24, 2.45) is 0 Å². The van der Waals surface area contributed by atoms with Gasteiger partial charge in [-0.05, 0) is 29.8 Å². The summed E-state index contributed by atoms with van der Waals surface area (Å²) in [6, 6.07) is 8.15. The van der Waals surface area contributed by atoms with E-state index >= 15 is 0 Å². The summed E-state index contributed by atoms with van der Waals surface area (Å²) in [5, 5.41) is 4.15. The van der Waals surface area contributed by atoms with E-state index in [9.17, 15) is 0 Å². The molecule has 1 aromatic carbocycles. The highest BCUT2D eigenvalue weighted by molar-refractivity contribution is 6.31. The smallest absolute Gasteiger partial charge is 0.234 e. The minimum Gasteiger partial charge on any atom is -0.378 e. The average Bonchev–Trinajstić information content (AvgIpc) is 3.02. The zero-order chi connectivity index (χ0) is 14.9. The number of imidazole rings is 1. The number of hydrogen-bond acceptors (Lipinski definition) is 4. The van der Waals surface area contributed by atoms with Crippen molar-refractivity contribution < 1.29 is 4.74 Å². The van der Waals surface area contributed by atoms with Gasteiger partial charge in [-0.2, -0.15) is 0 Å². The maximum absolute atomic E-state index is 6.30. The first-order valence-corrected chi connectivity index (χ1v) is 7.59. The Morgan fingerprint density at radius 3 is 3.09 bits per heavy atom. The fourth-order valence-corrected chi connectivity index (χ4v) is 2.95. The lowest BCUT2D eigenvalue weighted by Crippen LogP contribution is -2.34. The van der Waals surface area contributed by atoms with Crippen LogP contribution in [0.25, 0.3) is 17.0 Å². The monoisotopic (exact) mass is 314 g/mol. The van der Waals surface area contributed by atoms with Crippen LogP contribution in [0.4, 0.5) is 0 Å².